The molecule has 35 heavy (non-hydrogen) atoms. The Labute approximate surface area is 206 Å². The number of rotatable bonds is 9. The lowest BCUT2D eigenvalue weighted by atomic mass is 10.2. The molecule has 3 N–H and O–H groups in total. The monoisotopic (exact) mass is 523 g/mol. The molecule has 1 saturated heterocycles. The zero-order valence-electron chi connectivity index (χ0n) is 18.9. The van der Waals surface area contributed by atoms with Crippen LogP contribution in [0.4, 0.5) is 5.82 Å². The Hall–Kier alpha value is -2.27. The second kappa shape index (κ2) is 10.4. The van der Waals surface area contributed by atoms with Crippen molar-refractivity contribution in [2.45, 2.75) is 56.6 Å². The second-order valence-electron chi connectivity index (χ2n) is 8.78. The molecule has 0 amide bonds. The van der Waals surface area contributed by atoms with Gasteiger partial charge in [0.1, 0.15) is 11.9 Å². The molecule has 1 aromatic carbocycles. The summed E-state index contributed by atoms with van der Waals surface area (Å²) < 4.78 is 30.4. The van der Waals surface area contributed by atoms with Crippen molar-refractivity contribution in [3.05, 3.63) is 41.9 Å². The Kier molecular flexibility index (Phi) is 7.24. The zero-order valence-corrected chi connectivity index (χ0v) is 20.5. The molecule has 4 atom stereocenters. The van der Waals surface area contributed by atoms with Crippen LogP contribution >= 0.6 is 19.2 Å². The predicted molar refractivity (Wildman–Crippen MR) is 128 cm³/mol. The smallest absolute Gasteiger partial charge is 0.402 e. The number of imidazole rings is 1. The number of aliphatic hydroxyl groups is 1. The maximum absolute atomic E-state index is 12.3. The first kappa shape index (κ1) is 24.4. The molecule has 188 valence electrons. The number of halogens is 1. The molecule has 1 aliphatic carbocycles. The van der Waals surface area contributed by atoms with E-state index < -0.39 is 32.4 Å². The molecule has 0 bridgehead atoms. The van der Waals surface area contributed by atoms with Crippen LogP contribution in [-0.2, 0) is 14.0 Å². The minimum absolute atomic E-state index is 0.00706. The Morgan fingerprint density at radius 3 is 2.77 bits per heavy atom. The van der Waals surface area contributed by atoms with E-state index in [2.05, 4.69) is 20.3 Å². The van der Waals surface area contributed by atoms with Gasteiger partial charge in [-0.15, -0.1) is 0 Å². The minimum Gasteiger partial charge on any atom is -0.423 e. The lowest BCUT2D eigenvalue weighted by Crippen LogP contribution is -2.20. The summed E-state index contributed by atoms with van der Waals surface area (Å²) in [4.78, 5) is 23.1. The summed E-state index contributed by atoms with van der Waals surface area (Å²) in [6.45, 7) is 0.00706. The molecule has 2 aliphatic rings. The lowest BCUT2D eigenvalue weighted by Gasteiger charge is -2.18. The number of benzene rings is 1. The van der Waals surface area contributed by atoms with Gasteiger partial charge in [0.2, 0.25) is 5.28 Å². The van der Waals surface area contributed by atoms with E-state index in [1.807, 2.05) is 0 Å². The topological polar surface area (TPSA) is 141 Å². The van der Waals surface area contributed by atoms with Gasteiger partial charge in [0.25, 0.3) is 0 Å². The highest BCUT2D eigenvalue weighted by Crippen LogP contribution is 2.42. The van der Waals surface area contributed by atoms with E-state index in [4.69, 9.17) is 25.6 Å². The first-order valence-corrected chi connectivity index (χ1v) is 13.7. The van der Waals surface area contributed by atoms with E-state index in [-0.39, 0.29) is 24.1 Å². The fourth-order valence-electron chi connectivity index (χ4n) is 4.50. The number of nitrogens with one attached hydrogen (secondary N) is 1. The molecule has 2 fully saturated rings. The van der Waals surface area contributed by atoms with Gasteiger partial charge < -0.3 is 29.3 Å². The van der Waals surface area contributed by atoms with Gasteiger partial charge in [-0.05, 0) is 36.6 Å². The molecule has 3 heterocycles. The van der Waals surface area contributed by atoms with E-state index in [0.717, 1.165) is 12.8 Å². The maximum Gasteiger partial charge on any atom is 0.402 e. The van der Waals surface area contributed by atoms with E-state index in [9.17, 15) is 14.6 Å². The number of aliphatic hydroxyl groups excluding tert-OH is 1. The Bertz CT molecular complexity index is 1210. The SMILES string of the molecule is O=P(O)(COCC1C[C@@H](O)[C@H](n2cnc3c(NC4CCCC4)nc(Cl)nc32)O1)Oc1ccccc1. The Morgan fingerprint density at radius 1 is 1.23 bits per heavy atom. The van der Waals surface area contributed by atoms with Crippen LogP contribution in [0.15, 0.2) is 36.7 Å². The van der Waals surface area contributed by atoms with Crippen LogP contribution in [-0.4, -0.2) is 60.7 Å². The van der Waals surface area contributed by atoms with Gasteiger partial charge in [-0.1, -0.05) is 31.0 Å². The number of hydrogen-bond acceptors (Lipinski definition) is 9. The van der Waals surface area contributed by atoms with Crippen molar-refractivity contribution in [2.75, 3.05) is 18.3 Å². The molecule has 1 saturated carbocycles. The summed E-state index contributed by atoms with van der Waals surface area (Å²) in [6, 6.07) is 8.68. The van der Waals surface area contributed by atoms with E-state index >= 15 is 0 Å². The average molecular weight is 524 g/mol. The van der Waals surface area contributed by atoms with Crippen molar-refractivity contribution < 1.29 is 28.6 Å². The molecular formula is C22H27ClN5O6P. The average Bonchev–Trinajstić information content (AvgIpc) is 3.54. The van der Waals surface area contributed by atoms with Gasteiger partial charge in [0, 0.05) is 12.5 Å². The molecule has 0 spiro atoms. The highest BCUT2D eigenvalue weighted by atomic mass is 35.5. The van der Waals surface area contributed by atoms with Crippen molar-refractivity contribution in [3.8, 4) is 5.75 Å². The van der Waals surface area contributed by atoms with Gasteiger partial charge in [-0.3, -0.25) is 4.57 Å². The van der Waals surface area contributed by atoms with Crippen molar-refractivity contribution in [2.24, 2.45) is 0 Å². The van der Waals surface area contributed by atoms with Crippen molar-refractivity contribution in [1.29, 1.82) is 0 Å². The van der Waals surface area contributed by atoms with Crippen molar-refractivity contribution >= 4 is 36.2 Å². The van der Waals surface area contributed by atoms with Gasteiger partial charge >= 0.3 is 7.60 Å². The fraction of sp³-hybridized carbons (Fsp3) is 0.500. The molecule has 5 rings (SSSR count). The number of para-hydroxylation sites is 1. The largest absolute Gasteiger partial charge is 0.423 e. The number of hydrogen-bond donors (Lipinski definition) is 3. The minimum atomic E-state index is -4.00. The third kappa shape index (κ3) is 5.77. The highest BCUT2D eigenvalue weighted by molar-refractivity contribution is 7.53. The fourth-order valence-corrected chi connectivity index (χ4v) is 5.50. The lowest BCUT2D eigenvalue weighted by molar-refractivity contribution is -0.0566. The summed E-state index contributed by atoms with van der Waals surface area (Å²) in [7, 11) is -4.00. The van der Waals surface area contributed by atoms with Crippen LogP contribution in [0.25, 0.3) is 11.2 Å². The van der Waals surface area contributed by atoms with Crippen LogP contribution in [0.5, 0.6) is 5.75 Å². The number of anilines is 1. The van der Waals surface area contributed by atoms with Gasteiger partial charge in [0.15, 0.2) is 29.6 Å². The summed E-state index contributed by atoms with van der Waals surface area (Å²) in [5, 5.41) is 14.1. The molecule has 2 unspecified atom stereocenters. The van der Waals surface area contributed by atoms with Crippen LogP contribution in [0.1, 0.15) is 38.3 Å². The molecule has 1 aliphatic heterocycles. The summed E-state index contributed by atoms with van der Waals surface area (Å²) in [5.41, 5.74) is 1.00. The molecule has 13 heteroatoms. The molecule has 2 aromatic heterocycles. The Morgan fingerprint density at radius 2 is 2.00 bits per heavy atom. The number of fused-ring (bicyclic) bond motifs is 1. The van der Waals surface area contributed by atoms with E-state index in [0.29, 0.717) is 23.0 Å². The van der Waals surface area contributed by atoms with Crippen LogP contribution in [0, 0.1) is 0 Å². The standard InChI is InChI=1S/C22H27ClN5O6P/c23-22-26-19(25-14-6-4-5-7-14)18-20(27-22)28(12-24-18)21-17(29)10-16(33-21)11-32-13-35(30,31)34-15-8-2-1-3-9-15/h1-3,8-9,12,14,16-17,21,29H,4-7,10-11,13H2,(H,30,31)(H,25,26,27)/t16?,17-,21-/m1/s1. The van der Waals surface area contributed by atoms with Crippen LogP contribution in [0.2, 0.25) is 5.28 Å². The summed E-state index contributed by atoms with van der Waals surface area (Å²) in [6.07, 6.45) is 3.65. The third-order valence-electron chi connectivity index (χ3n) is 6.08. The number of aromatic nitrogens is 4. The van der Waals surface area contributed by atoms with E-state index in [1.165, 1.54) is 12.8 Å². The summed E-state index contributed by atoms with van der Waals surface area (Å²) in [5.74, 6) is 0.846. The Balaban J connectivity index is 1.22. The molecule has 11 nitrogen and oxygen atoms in total. The van der Waals surface area contributed by atoms with Gasteiger partial charge in [-0.2, -0.15) is 9.97 Å². The molecule has 0 radical (unpaired) electrons. The first-order chi connectivity index (χ1) is 16.9. The van der Waals surface area contributed by atoms with Gasteiger partial charge in [0.05, 0.1) is 19.0 Å². The molecular weight excluding hydrogens is 497 g/mol. The van der Waals surface area contributed by atoms with Crippen LogP contribution in [0.3, 0.4) is 0 Å². The number of ether oxygens (including phenoxy) is 2. The van der Waals surface area contributed by atoms with Crippen molar-refractivity contribution in [1.82, 2.24) is 19.5 Å². The summed E-state index contributed by atoms with van der Waals surface area (Å²) >= 11 is 6.19. The quantitative estimate of drug-likeness (QED) is 0.280. The van der Waals surface area contributed by atoms with Gasteiger partial charge in [-0.25, -0.2) is 9.55 Å². The molecule has 3 aromatic rings. The second-order valence-corrected chi connectivity index (χ2v) is 10.8. The first-order valence-electron chi connectivity index (χ1n) is 11.5. The van der Waals surface area contributed by atoms with Crippen LogP contribution < -0.4 is 9.84 Å². The highest BCUT2D eigenvalue weighted by Gasteiger charge is 2.37. The predicted octanol–water partition coefficient (Wildman–Crippen LogP) is 3.72. The normalized spacial score (nSPS) is 24.6. The third-order valence-corrected chi connectivity index (χ3v) is 7.25. The van der Waals surface area contributed by atoms with E-state index in [1.54, 1.807) is 41.2 Å². The zero-order chi connectivity index (χ0) is 24.4. The van der Waals surface area contributed by atoms with Crippen molar-refractivity contribution in [3.63, 3.8) is 0 Å². The number of nitrogens with zero attached hydrogens (tertiary/aromatic N) is 4. The maximum atomic E-state index is 12.3.